The van der Waals surface area contributed by atoms with E-state index in [9.17, 15) is 9.18 Å². The van der Waals surface area contributed by atoms with Crippen LogP contribution in [-0.2, 0) is 11.3 Å². The van der Waals surface area contributed by atoms with E-state index in [4.69, 9.17) is 21.1 Å². The van der Waals surface area contributed by atoms with Crippen molar-refractivity contribution in [2.24, 2.45) is 0 Å². The lowest BCUT2D eigenvalue weighted by molar-refractivity contribution is 0.102. The van der Waals surface area contributed by atoms with Gasteiger partial charge in [0.05, 0.1) is 29.3 Å². The summed E-state index contributed by atoms with van der Waals surface area (Å²) in [5, 5.41) is 5.96. The van der Waals surface area contributed by atoms with E-state index in [-0.39, 0.29) is 18.3 Å². The number of anilines is 1. The molecule has 2 heterocycles. The highest BCUT2D eigenvalue weighted by Crippen LogP contribution is 2.35. The van der Waals surface area contributed by atoms with E-state index in [1.807, 2.05) is 11.4 Å². The minimum absolute atomic E-state index is 0.136. The van der Waals surface area contributed by atoms with Crippen molar-refractivity contribution in [3.63, 3.8) is 0 Å². The fourth-order valence-electron chi connectivity index (χ4n) is 3.08. The van der Waals surface area contributed by atoms with Gasteiger partial charge in [0.15, 0.2) is 5.13 Å². The zero-order valence-corrected chi connectivity index (χ0v) is 18.4. The van der Waals surface area contributed by atoms with Crippen molar-refractivity contribution in [1.82, 2.24) is 4.98 Å². The number of thiazole rings is 1. The van der Waals surface area contributed by atoms with E-state index in [0.717, 1.165) is 5.56 Å². The molecule has 9 heteroatoms. The Balaban J connectivity index is 1.62. The normalized spacial score (nSPS) is 11.1. The van der Waals surface area contributed by atoms with Crippen molar-refractivity contribution in [2.45, 2.75) is 6.61 Å². The monoisotopic (exact) mass is 462 g/mol. The molecule has 0 radical (unpaired) electrons. The number of rotatable bonds is 6. The molecule has 4 rings (SSSR count). The zero-order chi connectivity index (χ0) is 21.3. The average molecular weight is 463 g/mol. The largest absolute Gasteiger partial charge is 0.495 e. The molecule has 0 spiro atoms. The average Bonchev–Trinajstić information content (AvgIpc) is 3.34. The predicted octanol–water partition coefficient (Wildman–Crippen LogP) is 6.22. The standard InChI is InChI=1S/C21H16ClFN2O3S2/c1-27-9-12-18-14(23)4-3-5-17(18)30-19(12)20(26)25-21-24-15(10-29-21)11-6-7-16(28-2)13(22)8-11/h3-8,10H,9H2,1-2H3,(H,24,25,26). The molecule has 0 aliphatic carbocycles. The number of carbonyl (C=O) groups is 1. The molecule has 1 amide bonds. The van der Waals surface area contributed by atoms with Crippen molar-refractivity contribution in [2.75, 3.05) is 19.5 Å². The van der Waals surface area contributed by atoms with Crippen LogP contribution in [0.5, 0.6) is 5.75 Å². The molecule has 2 aromatic heterocycles. The molecule has 0 fully saturated rings. The molecule has 1 N–H and O–H groups in total. The lowest BCUT2D eigenvalue weighted by atomic mass is 10.1. The Morgan fingerprint density at radius 1 is 1.27 bits per heavy atom. The quantitative estimate of drug-likeness (QED) is 0.369. The van der Waals surface area contributed by atoms with E-state index in [1.54, 1.807) is 31.4 Å². The summed E-state index contributed by atoms with van der Waals surface area (Å²) in [7, 11) is 3.06. The van der Waals surface area contributed by atoms with Crippen molar-refractivity contribution < 1.29 is 18.7 Å². The number of hydrogen-bond donors (Lipinski definition) is 1. The van der Waals surface area contributed by atoms with E-state index in [0.29, 0.717) is 42.1 Å². The molecule has 4 aromatic rings. The molecule has 0 aliphatic heterocycles. The molecule has 0 aliphatic rings. The van der Waals surface area contributed by atoms with Crippen LogP contribution in [0.25, 0.3) is 21.3 Å². The molecule has 30 heavy (non-hydrogen) atoms. The first-order valence-corrected chi connectivity index (χ1v) is 10.9. The Bertz CT molecular complexity index is 1240. The highest BCUT2D eigenvalue weighted by atomic mass is 35.5. The summed E-state index contributed by atoms with van der Waals surface area (Å²) in [6.45, 7) is 0.136. The molecule has 0 atom stereocenters. The maximum atomic E-state index is 14.3. The molecule has 2 aromatic carbocycles. The Hall–Kier alpha value is -2.52. The lowest BCUT2D eigenvalue weighted by Crippen LogP contribution is -2.12. The number of aromatic nitrogens is 1. The number of ether oxygens (including phenoxy) is 2. The van der Waals surface area contributed by atoms with Gasteiger partial charge in [-0.1, -0.05) is 17.7 Å². The van der Waals surface area contributed by atoms with Gasteiger partial charge in [0.2, 0.25) is 0 Å². The van der Waals surface area contributed by atoms with Crippen LogP contribution in [-0.4, -0.2) is 25.1 Å². The maximum Gasteiger partial charge on any atom is 0.267 e. The number of fused-ring (bicyclic) bond motifs is 1. The number of hydrogen-bond acceptors (Lipinski definition) is 6. The van der Waals surface area contributed by atoms with Crippen molar-refractivity contribution >= 4 is 55.4 Å². The van der Waals surface area contributed by atoms with Gasteiger partial charge >= 0.3 is 0 Å². The first kappa shape index (κ1) is 20.7. The van der Waals surface area contributed by atoms with E-state index < -0.39 is 0 Å². The van der Waals surface area contributed by atoms with Gasteiger partial charge in [0.1, 0.15) is 11.6 Å². The Labute approximate surface area is 185 Å². The van der Waals surface area contributed by atoms with Crippen LogP contribution in [0.15, 0.2) is 41.8 Å². The number of methoxy groups -OCH3 is 2. The molecule has 0 saturated carbocycles. The second-order valence-electron chi connectivity index (χ2n) is 6.30. The van der Waals surface area contributed by atoms with Crippen LogP contribution in [0.1, 0.15) is 15.2 Å². The SMILES string of the molecule is COCc1c(C(=O)Nc2nc(-c3ccc(OC)c(Cl)c3)cs2)sc2cccc(F)c12. The first-order chi connectivity index (χ1) is 14.5. The van der Waals surface area contributed by atoms with Gasteiger partial charge in [-0.15, -0.1) is 22.7 Å². The summed E-state index contributed by atoms with van der Waals surface area (Å²) >= 11 is 8.71. The summed E-state index contributed by atoms with van der Waals surface area (Å²) in [6.07, 6.45) is 0. The van der Waals surface area contributed by atoms with Crippen molar-refractivity contribution in [3.8, 4) is 17.0 Å². The highest BCUT2D eigenvalue weighted by Gasteiger charge is 2.21. The second kappa shape index (κ2) is 8.69. The summed E-state index contributed by atoms with van der Waals surface area (Å²) in [5.41, 5.74) is 2.02. The third-order valence-electron chi connectivity index (χ3n) is 4.43. The number of nitrogens with zero attached hydrogens (tertiary/aromatic N) is 1. The Morgan fingerprint density at radius 3 is 2.83 bits per heavy atom. The number of halogens is 2. The van der Waals surface area contributed by atoms with Gasteiger partial charge in [-0.05, 0) is 30.3 Å². The minimum Gasteiger partial charge on any atom is -0.495 e. The van der Waals surface area contributed by atoms with Crippen LogP contribution < -0.4 is 10.1 Å². The number of benzene rings is 2. The van der Waals surface area contributed by atoms with Gasteiger partial charge in [-0.2, -0.15) is 0 Å². The van der Waals surface area contributed by atoms with Crippen molar-refractivity contribution in [1.29, 1.82) is 0 Å². The fraction of sp³-hybridized carbons (Fsp3) is 0.143. The smallest absolute Gasteiger partial charge is 0.267 e. The first-order valence-electron chi connectivity index (χ1n) is 8.81. The summed E-state index contributed by atoms with van der Waals surface area (Å²) in [4.78, 5) is 17.8. The summed E-state index contributed by atoms with van der Waals surface area (Å²) < 4.78 is 25.4. The molecule has 0 bridgehead atoms. The van der Waals surface area contributed by atoms with Gasteiger partial charge in [-0.25, -0.2) is 9.37 Å². The van der Waals surface area contributed by atoms with Crippen LogP contribution in [0.4, 0.5) is 9.52 Å². The Morgan fingerprint density at radius 2 is 2.10 bits per heavy atom. The second-order valence-corrected chi connectivity index (χ2v) is 8.61. The molecule has 0 unspecified atom stereocenters. The number of thiophene rings is 1. The maximum absolute atomic E-state index is 14.3. The van der Waals surface area contributed by atoms with Gasteiger partial charge in [-0.3, -0.25) is 10.1 Å². The zero-order valence-electron chi connectivity index (χ0n) is 16.0. The number of nitrogens with one attached hydrogen (secondary N) is 1. The fourth-order valence-corrected chi connectivity index (χ4v) is 5.17. The van der Waals surface area contributed by atoms with Crippen LogP contribution >= 0.6 is 34.3 Å². The summed E-state index contributed by atoms with van der Waals surface area (Å²) in [6, 6.07) is 10.2. The minimum atomic E-state index is -0.372. The van der Waals surface area contributed by atoms with Gasteiger partial charge in [0.25, 0.3) is 5.91 Å². The number of carbonyl (C=O) groups excluding carboxylic acids is 1. The number of amides is 1. The highest BCUT2D eigenvalue weighted by molar-refractivity contribution is 7.21. The molecular weight excluding hydrogens is 447 g/mol. The Kier molecular flexibility index (Phi) is 6.01. The predicted molar refractivity (Wildman–Crippen MR) is 120 cm³/mol. The molecule has 0 saturated heterocycles. The van der Waals surface area contributed by atoms with E-state index >= 15 is 0 Å². The molecule has 5 nitrogen and oxygen atoms in total. The van der Waals surface area contributed by atoms with Gasteiger partial charge < -0.3 is 9.47 Å². The molecule has 154 valence electrons. The van der Waals surface area contributed by atoms with Crippen LogP contribution in [0.2, 0.25) is 5.02 Å². The topological polar surface area (TPSA) is 60.5 Å². The third-order valence-corrected chi connectivity index (χ3v) is 6.68. The van der Waals surface area contributed by atoms with Gasteiger partial charge in [0, 0.05) is 33.7 Å². The van der Waals surface area contributed by atoms with E-state index in [1.165, 1.54) is 35.8 Å². The van der Waals surface area contributed by atoms with Crippen LogP contribution in [0, 0.1) is 5.82 Å². The van der Waals surface area contributed by atoms with Crippen LogP contribution in [0.3, 0.4) is 0 Å². The molecular formula is C21H16ClFN2O3S2. The lowest BCUT2D eigenvalue weighted by Gasteiger charge is -2.05. The summed E-state index contributed by atoms with van der Waals surface area (Å²) in [5.74, 6) is -0.147. The van der Waals surface area contributed by atoms with E-state index in [2.05, 4.69) is 10.3 Å². The van der Waals surface area contributed by atoms with Crippen molar-refractivity contribution in [3.05, 3.63) is 63.1 Å². The third kappa shape index (κ3) is 3.91.